The molecule has 9 heteroatoms. The van der Waals surface area contributed by atoms with Gasteiger partial charge in [-0.1, -0.05) is 51.5 Å². The van der Waals surface area contributed by atoms with Gasteiger partial charge in [-0.3, -0.25) is 14.4 Å². The molecule has 0 bridgehead atoms. The first-order valence-corrected chi connectivity index (χ1v) is 12.1. The number of esters is 1. The summed E-state index contributed by atoms with van der Waals surface area (Å²) >= 11 is 0. The van der Waals surface area contributed by atoms with Crippen LogP contribution in [0.25, 0.3) is 0 Å². The average Bonchev–Trinajstić information content (AvgIpc) is 2.82. The van der Waals surface area contributed by atoms with Gasteiger partial charge >= 0.3 is 12.1 Å². The first kappa shape index (κ1) is 29.9. The minimum atomic E-state index is -1.00. The largest absolute Gasteiger partial charge is 0.468 e. The van der Waals surface area contributed by atoms with Crippen LogP contribution in [0.1, 0.15) is 72.1 Å². The minimum Gasteiger partial charge on any atom is -0.468 e. The van der Waals surface area contributed by atoms with E-state index in [0.717, 1.165) is 12.0 Å². The van der Waals surface area contributed by atoms with E-state index in [1.807, 2.05) is 32.9 Å². The van der Waals surface area contributed by atoms with E-state index in [4.69, 9.17) is 4.74 Å². The molecule has 0 saturated heterocycles. The number of methoxy groups -OCH3 is 1. The van der Waals surface area contributed by atoms with E-state index in [-0.39, 0.29) is 19.0 Å². The highest BCUT2D eigenvalue weighted by molar-refractivity contribution is 5.93. The van der Waals surface area contributed by atoms with Gasteiger partial charge in [0, 0.05) is 6.54 Å². The van der Waals surface area contributed by atoms with Gasteiger partial charge in [-0.2, -0.15) is 0 Å². The highest BCUT2D eigenvalue weighted by atomic mass is 16.6. The van der Waals surface area contributed by atoms with E-state index < -0.39 is 41.6 Å². The maximum Gasteiger partial charge on any atom is 0.408 e. The predicted molar refractivity (Wildman–Crippen MR) is 134 cm³/mol. The number of carbonyl (C=O) groups excluding carboxylic acids is 4. The number of likely N-dealkylation sites (N-methyl/N-ethyl adjacent to an activating group) is 1. The van der Waals surface area contributed by atoms with Crippen LogP contribution in [0.3, 0.4) is 0 Å². The van der Waals surface area contributed by atoms with Gasteiger partial charge in [0.2, 0.25) is 11.8 Å². The summed E-state index contributed by atoms with van der Waals surface area (Å²) in [5.74, 6) is -1.75. The van der Waals surface area contributed by atoms with Crippen LogP contribution in [0.4, 0.5) is 4.79 Å². The van der Waals surface area contributed by atoms with Gasteiger partial charge in [-0.15, -0.1) is 0 Å². The van der Waals surface area contributed by atoms with E-state index in [1.54, 1.807) is 39.8 Å². The summed E-state index contributed by atoms with van der Waals surface area (Å²) in [5.41, 5.74) is 0.954. The molecule has 3 unspecified atom stereocenters. The number of nitrogens with zero attached hydrogens (tertiary/aromatic N) is 1. The smallest absolute Gasteiger partial charge is 0.408 e. The molecule has 1 aromatic rings. The van der Waals surface area contributed by atoms with Crippen molar-refractivity contribution in [1.82, 2.24) is 15.5 Å². The third-order valence-corrected chi connectivity index (χ3v) is 5.67. The number of rotatable bonds is 11. The normalized spacial score (nSPS) is 13.7. The van der Waals surface area contributed by atoms with Crippen molar-refractivity contribution in [3.63, 3.8) is 0 Å². The number of aryl methyl sites for hydroxylation is 1. The number of carbonyl (C=O) groups is 4. The molecule has 0 aliphatic rings. The molecule has 0 aromatic heterocycles. The zero-order valence-electron chi connectivity index (χ0n) is 22.3. The molecule has 9 nitrogen and oxygen atoms in total. The summed E-state index contributed by atoms with van der Waals surface area (Å²) in [5, 5.41) is 5.27. The Bertz CT molecular complexity index is 863. The van der Waals surface area contributed by atoms with Gasteiger partial charge < -0.3 is 25.0 Å². The minimum absolute atomic E-state index is 0.202. The Hall–Kier alpha value is -3.10. The summed E-state index contributed by atoms with van der Waals surface area (Å²) in [6.45, 7) is 12.7. The number of hydrogen-bond donors (Lipinski definition) is 2. The molecule has 0 spiro atoms. The van der Waals surface area contributed by atoms with Crippen molar-refractivity contribution < 1.29 is 28.7 Å². The summed E-state index contributed by atoms with van der Waals surface area (Å²) < 4.78 is 9.99. The van der Waals surface area contributed by atoms with E-state index in [2.05, 4.69) is 15.4 Å². The topological polar surface area (TPSA) is 114 Å². The Kier molecular flexibility index (Phi) is 11.7. The molecular weight excluding hydrogens is 450 g/mol. The fourth-order valence-corrected chi connectivity index (χ4v) is 3.50. The van der Waals surface area contributed by atoms with Gasteiger partial charge in [-0.05, 0) is 51.2 Å². The Balaban J connectivity index is 3.37. The molecule has 0 fully saturated rings. The third kappa shape index (κ3) is 9.22. The molecule has 3 atom stereocenters. The van der Waals surface area contributed by atoms with Crippen molar-refractivity contribution in [3.8, 4) is 0 Å². The number of amides is 3. The lowest BCUT2D eigenvalue weighted by Gasteiger charge is -2.35. The van der Waals surface area contributed by atoms with Crippen molar-refractivity contribution in [1.29, 1.82) is 0 Å². The van der Waals surface area contributed by atoms with Crippen LogP contribution >= 0.6 is 0 Å². The van der Waals surface area contributed by atoms with Gasteiger partial charge in [-0.25, -0.2) is 4.79 Å². The van der Waals surface area contributed by atoms with Gasteiger partial charge in [0.05, 0.1) is 7.11 Å². The maximum atomic E-state index is 13.8. The first-order valence-electron chi connectivity index (χ1n) is 12.1. The van der Waals surface area contributed by atoms with Gasteiger partial charge in [0.15, 0.2) is 0 Å². The molecular formula is C26H41N3O6. The molecule has 0 heterocycles. The molecule has 3 amide bonds. The van der Waals surface area contributed by atoms with Crippen molar-refractivity contribution in [2.24, 2.45) is 5.92 Å². The van der Waals surface area contributed by atoms with Crippen LogP contribution in [-0.4, -0.2) is 60.6 Å². The lowest BCUT2D eigenvalue weighted by Crippen LogP contribution is -2.55. The molecule has 1 rings (SSSR count). The highest BCUT2D eigenvalue weighted by Crippen LogP contribution is 2.25. The van der Waals surface area contributed by atoms with Crippen molar-refractivity contribution in [3.05, 3.63) is 35.4 Å². The quantitative estimate of drug-likeness (QED) is 0.459. The summed E-state index contributed by atoms with van der Waals surface area (Å²) in [7, 11) is 1.23. The van der Waals surface area contributed by atoms with E-state index in [0.29, 0.717) is 12.0 Å². The fourth-order valence-electron chi connectivity index (χ4n) is 3.50. The SMILES string of the molecule is CCc1ccc(C(C(=O)NCC(=O)OC)N(CC)C(=O)C(NC(=O)OC(C)(C)C)C(C)CC)cc1. The molecule has 0 saturated carbocycles. The second-order valence-electron chi connectivity index (χ2n) is 9.43. The molecule has 2 N–H and O–H groups in total. The molecule has 0 aliphatic heterocycles. The monoisotopic (exact) mass is 491 g/mol. The van der Waals surface area contributed by atoms with Crippen molar-refractivity contribution in [2.45, 2.75) is 79.0 Å². The Morgan fingerprint density at radius 1 is 1.03 bits per heavy atom. The number of benzene rings is 1. The zero-order valence-corrected chi connectivity index (χ0v) is 22.3. The van der Waals surface area contributed by atoms with Crippen LogP contribution in [-0.2, 0) is 30.3 Å². The highest BCUT2D eigenvalue weighted by Gasteiger charge is 2.37. The Morgan fingerprint density at radius 2 is 1.63 bits per heavy atom. The van der Waals surface area contributed by atoms with Crippen LogP contribution in [0.15, 0.2) is 24.3 Å². The lowest BCUT2D eigenvalue weighted by atomic mass is 9.95. The molecule has 1 aromatic carbocycles. The third-order valence-electron chi connectivity index (χ3n) is 5.67. The van der Waals surface area contributed by atoms with Crippen LogP contribution in [0, 0.1) is 5.92 Å². The van der Waals surface area contributed by atoms with E-state index >= 15 is 0 Å². The molecule has 0 aliphatic carbocycles. The van der Waals surface area contributed by atoms with Gasteiger partial charge in [0.25, 0.3) is 0 Å². The fraction of sp³-hybridized carbons (Fsp3) is 0.615. The predicted octanol–water partition coefficient (Wildman–Crippen LogP) is 3.37. The standard InChI is InChI=1S/C26H41N3O6/c1-9-17(4)21(28-25(33)35-26(5,6)7)24(32)29(11-3)22(23(31)27-16-20(30)34-8)19-14-12-18(10-2)13-15-19/h12-15,17,21-22H,9-11,16H2,1-8H3,(H,27,31)(H,28,33). The number of ether oxygens (including phenoxy) is 2. The maximum absolute atomic E-state index is 13.8. The number of alkyl carbamates (subject to hydrolysis) is 1. The second kappa shape index (κ2) is 13.7. The number of hydrogen-bond acceptors (Lipinski definition) is 6. The van der Waals surface area contributed by atoms with Crippen molar-refractivity contribution in [2.75, 3.05) is 20.2 Å². The lowest BCUT2D eigenvalue weighted by molar-refractivity contribution is -0.145. The van der Waals surface area contributed by atoms with Crippen LogP contribution in [0.2, 0.25) is 0 Å². The second-order valence-corrected chi connectivity index (χ2v) is 9.43. The van der Waals surface area contributed by atoms with E-state index in [9.17, 15) is 19.2 Å². The van der Waals surface area contributed by atoms with Crippen LogP contribution in [0.5, 0.6) is 0 Å². The Morgan fingerprint density at radius 3 is 2.09 bits per heavy atom. The summed E-state index contributed by atoms with van der Waals surface area (Å²) in [4.78, 5) is 52.6. The zero-order chi connectivity index (χ0) is 26.8. The number of nitrogens with one attached hydrogen (secondary N) is 2. The first-order chi connectivity index (χ1) is 16.4. The molecule has 35 heavy (non-hydrogen) atoms. The average molecular weight is 492 g/mol. The summed E-state index contributed by atoms with van der Waals surface area (Å²) in [6, 6.07) is 5.50. The van der Waals surface area contributed by atoms with Crippen LogP contribution < -0.4 is 10.6 Å². The van der Waals surface area contributed by atoms with E-state index in [1.165, 1.54) is 12.0 Å². The van der Waals surface area contributed by atoms with Gasteiger partial charge in [0.1, 0.15) is 24.2 Å². The molecule has 0 radical (unpaired) electrons. The Labute approximate surface area is 208 Å². The summed E-state index contributed by atoms with van der Waals surface area (Å²) in [6.07, 6.45) is 0.742. The molecule has 196 valence electrons. The van der Waals surface area contributed by atoms with Crippen molar-refractivity contribution >= 4 is 23.9 Å².